The molecule has 1 aromatic heterocycles. The predicted octanol–water partition coefficient (Wildman–Crippen LogP) is 3.60. The predicted molar refractivity (Wildman–Crippen MR) is 119 cm³/mol. The van der Waals surface area contributed by atoms with Crippen LogP contribution in [-0.4, -0.2) is 49.6 Å². The van der Waals surface area contributed by atoms with Gasteiger partial charge < -0.3 is 15.1 Å². The Morgan fingerprint density at radius 2 is 1.96 bits per heavy atom. The van der Waals surface area contributed by atoms with Gasteiger partial charge >= 0.3 is 0 Å². The molecule has 0 radical (unpaired) electrons. The van der Waals surface area contributed by atoms with Gasteiger partial charge in [-0.05, 0) is 26.0 Å². The lowest BCUT2D eigenvalue weighted by molar-refractivity contribution is 0.471. The van der Waals surface area contributed by atoms with E-state index in [9.17, 15) is 0 Å². The van der Waals surface area contributed by atoms with Crippen molar-refractivity contribution in [3.63, 3.8) is 0 Å². The van der Waals surface area contributed by atoms with Gasteiger partial charge in [-0.2, -0.15) is 0 Å². The van der Waals surface area contributed by atoms with Crippen molar-refractivity contribution in [2.45, 2.75) is 20.4 Å². The standard InChI is InChI=1S/C18H27N5S.HI/c1-5-19-18(23(4)13-16-14-24-15(2)21-16)20-11-12-22(3)17-9-7-6-8-10-17;/h6-10,14H,5,11-13H2,1-4H3,(H,19,20);1H. The first-order chi connectivity index (χ1) is 11.6. The van der Waals surface area contributed by atoms with Crippen LogP contribution in [0.3, 0.4) is 0 Å². The summed E-state index contributed by atoms with van der Waals surface area (Å²) < 4.78 is 0. The number of rotatable bonds is 7. The van der Waals surface area contributed by atoms with Gasteiger partial charge in [-0.15, -0.1) is 35.3 Å². The summed E-state index contributed by atoms with van der Waals surface area (Å²) in [6, 6.07) is 10.4. The number of aliphatic imine (C=N–C) groups is 1. The third-order valence-electron chi connectivity index (χ3n) is 3.66. The molecule has 138 valence electrons. The van der Waals surface area contributed by atoms with Crippen LogP contribution in [0.4, 0.5) is 5.69 Å². The average molecular weight is 473 g/mol. The largest absolute Gasteiger partial charge is 0.373 e. The molecule has 0 spiro atoms. The number of anilines is 1. The van der Waals surface area contributed by atoms with Gasteiger partial charge in [-0.3, -0.25) is 4.99 Å². The molecular weight excluding hydrogens is 445 g/mol. The van der Waals surface area contributed by atoms with Crippen LogP contribution in [0.15, 0.2) is 40.7 Å². The van der Waals surface area contributed by atoms with E-state index < -0.39 is 0 Å². The average Bonchev–Trinajstić information content (AvgIpc) is 2.99. The first-order valence-electron chi connectivity index (χ1n) is 8.26. The van der Waals surface area contributed by atoms with Gasteiger partial charge in [0.05, 0.1) is 23.8 Å². The van der Waals surface area contributed by atoms with E-state index >= 15 is 0 Å². The number of nitrogens with zero attached hydrogens (tertiary/aromatic N) is 4. The Bertz CT molecular complexity index is 644. The number of guanidine groups is 1. The summed E-state index contributed by atoms with van der Waals surface area (Å²) in [5.41, 5.74) is 2.30. The van der Waals surface area contributed by atoms with E-state index in [1.54, 1.807) is 11.3 Å². The third-order valence-corrected chi connectivity index (χ3v) is 4.48. The first-order valence-corrected chi connectivity index (χ1v) is 9.14. The summed E-state index contributed by atoms with van der Waals surface area (Å²) in [4.78, 5) is 13.6. The number of hydrogen-bond donors (Lipinski definition) is 1. The Labute approximate surface area is 172 Å². The first kappa shape index (κ1) is 21.7. The van der Waals surface area contributed by atoms with Crippen molar-refractivity contribution in [1.29, 1.82) is 0 Å². The molecule has 0 atom stereocenters. The smallest absolute Gasteiger partial charge is 0.194 e. The van der Waals surface area contributed by atoms with Crippen molar-refractivity contribution >= 4 is 47.0 Å². The normalized spacial score (nSPS) is 11.0. The SMILES string of the molecule is CCNC(=NCCN(C)c1ccccc1)N(C)Cc1csc(C)n1.I. The molecular formula is C18H28IN5S. The molecule has 1 aromatic carbocycles. The number of hydrogen-bond acceptors (Lipinski definition) is 4. The maximum atomic E-state index is 4.75. The molecule has 0 unspecified atom stereocenters. The van der Waals surface area contributed by atoms with Crippen LogP contribution in [0.25, 0.3) is 0 Å². The highest BCUT2D eigenvalue weighted by Crippen LogP contribution is 2.11. The fraction of sp³-hybridized carbons (Fsp3) is 0.444. The fourth-order valence-electron chi connectivity index (χ4n) is 2.39. The Morgan fingerprint density at radius 3 is 2.56 bits per heavy atom. The van der Waals surface area contributed by atoms with Gasteiger partial charge in [0.2, 0.25) is 0 Å². The quantitative estimate of drug-likeness (QED) is 0.379. The molecule has 2 rings (SSSR count). The van der Waals surface area contributed by atoms with Gasteiger partial charge in [-0.1, -0.05) is 18.2 Å². The highest BCUT2D eigenvalue weighted by atomic mass is 127. The Hall–Kier alpha value is -1.35. The number of aromatic nitrogens is 1. The van der Waals surface area contributed by atoms with Crippen molar-refractivity contribution in [1.82, 2.24) is 15.2 Å². The molecule has 0 aliphatic rings. The van der Waals surface area contributed by atoms with Crippen LogP contribution >= 0.6 is 35.3 Å². The zero-order chi connectivity index (χ0) is 17.4. The summed E-state index contributed by atoms with van der Waals surface area (Å²) in [5, 5.41) is 6.57. The van der Waals surface area contributed by atoms with Crippen LogP contribution in [0, 0.1) is 6.92 Å². The molecule has 7 heteroatoms. The molecule has 0 aliphatic carbocycles. The second-order valence-electron chi connectivity index (χ2n) is 5.71. The molecule has 0 aliphatic heterocycles. The molecule has 25 heavy (non-hydrogen) atoms. The Kier molecular flexibility index (Phi) is 9.81. The van der Waals surface area contributed by atoms with Crippen LogP contribution in [-0.2, 0) is 6.54 Å². The Balaban J connectivity index is 0.00000312. The molecule has 2 aromatic rings. The lowest BCUT2D eigenvalue weighted by Gasteiger charge is -2.22. The van der Waals surface area contributed by atoms with Crippen molar-refractivity contribution in [2.75, 3.05) is 38.6 Å². The second kappa shape index (κ2) is 11.3. The maximum Gasteiger partial charge on any atom is 0.194 e. The maximum absolute atomic E-state index is 4.75. The van der Waals surface area contributed by atoms with E-state index in [0.29, 0.717) is 0 Å². The summed E-state index contributed by atoms with van der Waals surface area (Å²) in [7, 11) is 4.15. The van der Waals surface area contributed by atoms with Gasteiger partial charge in [0, 0.05) is 38.3 Å². The number of para-hydroxylation sites is 1. The summed E-state index contributed by atoms with van der Waals surface area (Å²) in [5.74, 6) is 0.921. The topological polar surface area (TPSA) is 43.8 Å². The van der Waals surface area contributed by atoms with E-state index in [1.165, 1.54) is 5.69 Å². The van der Waals surface area contributed by atoms with E-state index in [1.807, 2.05) is 13.0 Å². The van der Waals surface area contributed by atoms with Gasteiger partial charge in [-0.25, -0.2) is 4.98 Å². The lowest BCUT2D eigenvalue weighted by Crippen LogP contribution is -2.39. The van der Waals surface area contributed by atoms with Gasteiger partial charge in [0.15, 0.2) is 5.96 Å². The highest BCUT2D eigenvalue weighted by Gasteiger charge is 2.08. The van der Waals surface area contributed by atoms with Crippen molar-refractivity contribution in [3.05, 3.63) is 46.4 Å². The molecule has 1 heterocycles. The van der Waals surface area contributed by atoms with Crippen molar-refractivity contribution in [2.24, 2.45) is 4.99 Å². The van der Waals surface area contributed by atoms with Gasteiger partial charge in [0.1, 0.15) is 0 Å². The van der Waals surface area contributed by atoms with E-state index in [4.69, 9.17) is 4.99 Å². The van der Waals surface area contributed by atoms with Crippen LogP contribution in [0.5, 0.6) is 0 Å². The van der Waals surface area contributed by atoms with Gasteiger partial charge in [0.25, 0.3) is 0 Å². The number of benzene rings is 1. The molecule has 0 fully saturated rings. The number of halogens is 1. The minimum absolute atomic E-state index is 0. The minimum atomic E-state index is 0. The lowest BCUT2D eigenvalue weighted by atomic mass is 10.3. The van der Waals surface area contributed by atoms with E-state index in [0.717, 1.165) is 42.8 Å². The van der Waals surface area contributed by atoms with E-state index in [2.05, 4.69) is 70.8 Å². The summed E-state index contributed by atoms with van der Waals surface area (Å²) >= 11 is 1.69. The number of nitrogens with one attached hydrogen (secondary N) is 1. The molecule has 5 nitrogen and oxygen atoms in total. The highest BCUT2D eigenvalue weighted by molar-refractivity contribution is 14.0. The van der Waals surface area contributed by atoms with Crippen LogP contribution < -0.4 is 10.2 Å². The number of thiazole rings is 1. The van der Waals surface area contributed by atoms with Crippen molar-refractivity contribution < 1.29 is 0 Å². The summed E-state index contributed by atoms with van der Waals surface area (Å²) in [6.45, 7) is 7.37. The zero-order valence-electron chi connectivity index (χ0n) is 15.4. The molecule has 0 bridgehead atoms. The summed E-state index contributed by atoms with van der Waals surface area (Å²) in [6.07, 6.45) is 0. The van der Waals surface area contributed by atoms with Crippen LogP contribution in [0.1, 0.15) is 17.6 Å². The molecule has 1 N–H and O–H groups in total. The third kappa shape index (κ3) is 7.19. The fourth-order valence-corrected chi connectivity index (χ4v) is 2.99. The molecule has 0 amide bonds. The molecule has 0 saturated carbocycles. The number of likely N-dealkylation sites (N-methyl/N-ethyl adjacent to an activating group) is 1. The van der Waals surface area contributed by atoms with Crippen molar-refractivity contribution in [3.8, 4) is 0 Å². The minimum Gasteiger partial charge on any atom is -0.373 e. The monoisotopic (exact) mass is 473 g/mol. The zero-order valence-corrected chi connectivity index (χ0v) is 18.5. The van der Waals surface area contributed by atoms with E-state index in [-0.39, 0.29) is 24.0 Å². The number of aryl methyl sites for hydroxylation is 1. The second-order valence-corrected chi connectivity index (χ2v) is 6.77. The molecule has 0 saturated heterocycles. The Morgan fingerprint density at radius 1 is 1.24 bits per heavy atom. The van der Waals surface area contributed by atoms with Crippen LogP contribution in [0.2, 0.25) is 0 Å².